The molecule has 2 aromatic rings. The second-order valence-electron chi connectivity index (χ2n) is 5.85. The molecule has 1 aromatic carbocycles. The summed E-state index contributed by atoms with van der Waals surface area (Å²) in [6, 6.07) is 6.22. The van der Waals surface area contributed by atoms with Crippen molar-refractivity contribution >= 4 is 23.2 Å². The normalized spacial score (nSPS) is 15.0. The third kappa shape index (κ3) is 3.70. The first-order chi connectivity index (χ1) is 11.2. The minimum absolute atomic E-state index is 0.329. The first-order valence-electron chi connectivity index (χ1n) is 8.00. The molecule has 1 fully saturated rings. The van der Waals surface area contributed by atoms with Crippen molar-refractivity contribution < 1.29 is 4.79 Å². The number of Topliss-reactive ketones (excluding diaryl/α,β-unsaturated/α-hetero) is 1. The largest absolute Gasteiger partial charge is 0.355 e. The zero-order chi connectivity index (χ0) is 16.2. The van der Waals surface area contributed by atoms with Gasteiger partial charge < -0.3 is 4.90 Å². The van der Waals surface area contributed by atoms with Crippen molar-refractivity contribution in [3.63, 3.8) is 0 Å². The summed E-state index contributed by atoms with van der Waals surface area (Å²) >= 11 is 6.42. The molecule has 0 N–H and O–H groups in total. The average molecular weight is 330 g/mol. The van der Waals surface area contributed by atoms with Crippen molar-refractivity contribution in [1.29, 1.82) is 0 Å². The van der Waals surface area contributed by atoms with E-state index in [-0.39, 0.29) is 0 Å². The maximum Gasteiger partial charge on any atom is 0.136 e. The van der Waals surface area contributed by atoms with Gasteiger partial charge in [-0.25, -0.2) is 9.97 Å². The molecule has 0 radical (unpaired) electrons. The Morgan fingerprint density at radius 1 is 1.22 bits per heavy atom. The average Bonchev–Trinajstić information content (AvgIpc) is 2.58. The third-order valence-corrected chi connectivity index (χ3v) is 4.64. The number of aromatic nitrogens is 2. The van der Waals surface area contributed by atoms with E-state index in [1.54, 1.807) is 6.33 Å². The van der Waals surface area contributed by atoms with Crippen molar-refractivity contribution in [2.24, 2.45) is 0 Å². The molecule has 5 heteroatoms. The van der Waals surface area contributed by atoms with Crippen molar-refractivity contribution in [1.82, 2.24) is 9.97 Å². The van der Waals surface area contributed by atoms with Gasteiger partial charge >= 0.3 is 0 Å². The molecule has 1 saturated heterocycles. The molecule has 4 nitrogen and oxygen atoms in total. The lowest BCUT2D eigenvalue weighted by Crippen LogP contribution is -2.35. The number of carbonyl (C=O) groups excluding carboxylic acids is 1. The molecule has 2 heterocycles. The van der Waals surface area contributed by atoms with Crippen molar-refractivity contribution in [3.8, 4) is 0 Å². The van der Waals surface area contributed by atoms with Crippen LogP contribution in [0.4, 0.5) is 5.82 Å². The number of aryl methyl sites for hydroxylation is 1. The lowest BCUT2D eigenvalue weighted by molar-refractivity contribution is -0.119. The van der Waals surface area contributed by atoms with Crippen LogP contribution >= 0.6 is 11.6 Å². The van der Waals surface area contributed by atoms with Crippen LogP contribution < -0.4 is 4.90 Å². The van der Waals surface area contributed by atoms with Crippen LogP contribution in [0, 0.1) is 0 Å². The van der Waals surface area contributed by atoms with Crippen molar-refractivity contribution in [3.05, 3.63) is 52.4 Å². The lowest BCUT2D eigenvalue weighted by Gasteiger charge is -2.28. The van der Waals surface area contributed by atoms with Gasteiger partial charge in [-0.15, -0.1) is 0 Å². The summed E-state index contributed by atoms with van der Waals surface area (Å²) in [6.45, 7) is 3.57. The van der Waals surface area contributed by atoms with Gasteiger partial charge in [0.2, 0.25) is 0 Å². The van der Waals surface area contributed by atoms with Gasteiger partial charge in [0.05, 0.1) is 0 Å². The standard InChI is InChI=1S/C18H20ClN3O/c1-2-13-3-4-14(17(19)9-13)10-15-11-20-12-21-18(15)22-7-5-16(23)6-8-22/h3-4,9,11-12H,2,5-8,10H2,1H3. The van der Waals surface area contributed by atoms with Crippen LogP contribution in [0.1, 0.15) is 36.5 Å². The smallest absolute Gasteiger partial charge is 0.136 e. The van der Waals surface area contributed by atoms with Crippen LogP contribution in [0.3, 0.4) is 0 Å². The van der Waals surface area contributed by atoms with Crippen LogP contribution in [-0.4, -0.2) is 28.8 Å². The van der Waals surface area contributed by atoms with E-state index in [4.69, 9.17) is 11.6 Å². The van der Waals surface area contributed by atoms with Crippen LogP contribution in [0.25, 0.3) is 0 Å². The van der Waals surface area contributed by atoms with Crippen LogP contribution in [0.5, 0.6) is 0 Å². The number of benzene rings is 1. The summed E-state index contributed by atoms with van der Waals surface area (Å²) < 4.78 is 0. The maximum atomic E-state index is 11.4. The highest BCUT2D eigenvalue weighted by atomic mass is 35.5. The highest BCUT2D eigenvalue weighted by Crippen LogP contribution is 2.26. The fourth-order valence-corrected chi connectivity index (χ4v) is 3.16. The number of anilines is 1. The molecule has 0 unspecified atom stereocenters. The number of hydrogen-bond acceptors (Lipinski definition) is 4. The number of carbonyl (C=O) groups is 1. The summed E-state index contributed by atoms with van der Waals surface area (Å²) in [5, 5.41) is 0.785. The highest BCUT2D eigenvalue weighted by molar-refractivity contribution is 6.31. The molecule has 0 bridgehead atoms. The fourth-order valence-electron chi connectivity index (χ4n) is 2.89. The van der Waals surface area contributed by atoms with E-state index >= 15 is 0 Å². The Morgan fingerprint density at radius 2 is 2.00 bits per heavy atom. The number of halogens is 1. The number of nitrogens with zero attached hydrogens (tertiary/aromatic N) is 3. The van der Waals surface area contributed by atoms with Gasteiger partial charge in [0.1, 0.15) is 17.9 Å². The minimum Gasteiger partial charge on any atom is -0.355 e. The van der Waals surface area contributed by atoms with E-state index in [9.17, 15) is 4.79 Å². The van der Waals surface area contributed by atoms with E-state index in [0.717, 1.165) is 41.5 Å². The first kappa shape index (κ1) is 15.9. The number of hydrogen-bond donors (Lipinski definition) is 0. The Labute approximate surface area is 141 Å². The zero-order valence-corrected chi connectivity index (χ0v) is 14.0. The summed E-state index contributed by atoms with van der Waals surface area (Å²) in [5.74, 6) is 1.25. The molecule has 23 heavy (non-hydrogen) atoms. The summed E-state index contributed by atoms with van der Waals surface area (Å²) in [4.78, 5) is 22.2. The molecule has 0 saturated carbocycles. The molecule has 120 valence electrons. The maximum absolute atomic E-state index is 11.4. The van der Waals surface area contributed by atoms with Gasteiger partial charge in [-0.2, -0.15) is 0 Å². The van der Waals surface area contributed by atoms with Gasteiger partial charge in [-0.1, -0.05) is 30.7 Å². The lowest BCUT2D eigenvalue weighted by atomic mass is 10.0. The number of rotatable bonds is 4. The topological polar surface area (TPSA) is 46.1 Å². The summed E-state index contributed by atoms with van der Waals surface area (Å²) in [5.41, 5.74) is 3.36. The van der Waals surface area contributed by atoms with E-state index in [1.165, 1.54) is 5.56 Å². The molecule has 0 spiro atoms. The van der Waals surface area contributed by atoms with Gasteiger partial charge in [0.25, 0.3) is 0 Å². The molecule has 0 amide bonds. The van der Waals surface area contributed by atoms with Crippen molar-refractivity contribution in [2.75, 3.05) is 18.0 Å². The summed E-state index contributed by atoms with van der Waals surface area (Å²) in [7, 11) is 0. The Balaban J connectivity index is 1.84. The SMILES string of the molecule is CCc1ccc(Cc2cncnc2N2CCC(=O)CC2)c(Cl)c1. The highest BCUT2D eigenvalue weighted by Gasteiger charge is 2.20. The molecule has 0 atom stereocenters. The molecule has 0 aliphatic carbocycles. The summed E-state index contributed by atoms with van der Waals surface area (Å²) in [6.07, 6.45) is 6.27. The fraction of sp³-hybridized carbons (Fsp3) is 0.389. The third-order valence-electron chi connectivity index (χ3n) is 4.29. The molecular formula is C18H20ClN3O. The Hall–Kier alpha value is -1.94. The second kappa shape index (κ2) is 7.09. The van der Waals surface area contributed by atoms with Gasteiger partial charge in [0.15, 0.2) is 0 Å². The molecule has 3 rings (SSSR count). The zero-order valence-electron chi connectivity index (χ0n) is 13.3. The quantitative estimate of drug-likeness (QED) is 0.862. The van der Waals surface area contributed by atoms with E-state index in [0.29, 0.717) is 25.0 Å². The molecule has 1 aromatic heterocycles. The van der Waals surface area contributed by atoms with E-state index < -0.39 is 0 Å². The Morgan fingerprint density at radius 3 is 2.70 bits per heavy atom. The molecular weight excluding hydrogens is 310 g/mol. The predicted octanol–water partition coefficient (Wildman–Crippen LogP) is 3.45. The Kier molecular flexibility index (Phi) is 4.91. The monoisotopic (exact) mass is 329 g/mol. The van der Waals surface area contributed by atoms with Gasteiger partial charge in [0, 0.05) is 49.1 Å². The number of ketones is 1. The number of piperidine rings is 1. The van der Waals surface area contributed by atoms with Gasteiger partial charge in [-0.3, -0.25) is 4.79 Å². The predicted molar refractivity (Wildman–Crippen MR) is 92.1 cm³/mol. The molecule has 1 aliphatic rings. The van der Waals surface area contributed by atoms with E-state index in [1.807, 2.05) is 12.3 Å². The van der Waals surface area contributed by atoms with E-state index in [2.05, 4.69) is 33.9 Å². The van der Waals surface area contributed by atoms with Crippen LogP contribution in [0.2, 0.25) is 5.02 Å². The second-order valence-corrected chi connectivity index (χ2v) is 6.26. The van der Waals surface area contributed by atoms with Crippen LogP contribution in [0.15, 0.2) is 30.7 Å². The minimum atomic E-state index is 0.329. The van der Waals surface area contributed by atoms with Gasteiger partial charge in [-0.05, 0) is 23.6 Å². The van der Waals surface area contributed by atoms with Crippen LogP contribution in [-0.2, 0) is 17.6 Å². The van der Waals surface area contributed by atoms with Crippen molar-refractivity contribution in [2.45, 2.75) is 32.6 Å². The first-order valence-corrected chi connectivity index (χ1v) is 8.38. The molecule has 1 aliphatic heterocycles. The Bertz CT molecular complexity index is 707.